The van der Waals surface area contributed by atoms with Crippen LogP contribution >= 0.6 is 0 Å². The summed E-state index contributed by atoms with van der Waals surface area (Å²) in [6.45, 7) is 4.00. The molecular formula is C48H48Co2N4NaO6S2-. The van der Waals surface area contributed by atoms with Gasteiger partial charge in [0.05, 0.1) is 22.7 Å². The second-order valence-corrected chi connectivity index (χ2v) is 12.9. The maximum Gasteiger partial charge on any atom is 1.00 e. The van der Waals surface area contributed by atoms with Crippen LogP contribution in [0.1, 0.15) is 47.9 Å². The van der Waals surface area contributed by atoms with Gasteiger partial charge in [0, 0.05) is 107 Å². The van der Waals surface area contributed by atoms with Crippen LogP contribution in [0.4, 0.5) is 22.7 Å². The molecule has 2 aliphatic heterocycles. The maximum atomic E-state index is 9.79. The van der Waals surface area contributed by atoms with Crippen molar-refractivity contribution < 1.29 is 93.0 Å². The number of para-hydroxylation sites is 8. The molecule has 2 heterocycles. The van der Waals surface area contributed by atoms with Crippen LogP contribution < -0.4 is 29.6 Å². The molecule has 2 saturated heterocycles. The summed E-state index contributed by atoms with van der Waals surface area (Å²) in [7, 11) is 0. The molecule has 0 amide bonds. The summed E-state index contributed by atoms with van der Waals surface area (Å²) < 4.78 is 9.89. The van der Waals surface area contributed by atoms with Crippen molar-refractivity contribution in [2.45, 2.75) is 25.7 Å². The van der Waals surface area contributed by atoms with Crippen molar-refractivity contribution in [3.63, 3.8) is 0 Å². The first-order chi connectivity index (χ1) is 29.5. The average Bonchev–Trinajstić information content (AvgIpc) is 4.09. The Balaban J connectivity index is 0.000000479. The maximum absolute atomic E-state index is 9.79. The van der Waals surface area contributed by atoms with Gasteiger partial charge in [0.2, 0.25) is 0 Å². The van der Waals surface area contributed by atoms with Gasteiger partial charge in [-0.2, -0.15) is 0 Å². The first-order valence-electron chi connectivity index (χ1n) is 19.3. The molecule has 6 aromatic carbocycles. The van der Waals surface area contributed by atoms with Gasteiger partial charge >= 0.3 is 29.6 Å². The Kier molecular flexibility index (Phi) is 30.9. The van der Waals surface area contributed by atoms with E-state index in [4.69, 9.17) is 9.47 Å². The molecular weight excluding hydrogens is 934 g/mol. The van der Waals surface area contributed by atoms with E-state index in [1.807, 2.05) is 72.8 Å². The van der Waals surface area contributed by atoms with Crippen LogP contribution in [0, 0.1) is 0 Å². The van der Waals surface area contributed by atoms with E-state index in [2.05, 4.69) is 43.3 Å². The number of nitrogens with zero attached hydrogens (tertiary/aromatic N) is 4. The third kappa shape index (κ3) is 21.4. The molecule has 8 rings (SSSR count). The van der Waals surface area contributed by atoms with Crippen molar-refractivity contribution in [1.29, 1.82) is 0 Å². The van der Waals surface area contributed by atoms with Gasteiger partial charge in [-0.15, -0.1) is 0 Å². The van der Waals surface area contributed by atoms with E-state index in [9.17, 15) is 20.4 Å². The molecule has 0 aromatic heterocycles. The number of benzene rings is 6. The van der Waals surface area contributed by atoms with E-state index < -0.39 is 0 Å². The molecule has 10 nitrogen and oxygen atoms in total. The molecule has 0 unspecified atom stereocenters. The van der Waals surface area contributed by atoms with Crippen LogP contribution in [0.5, 0.6) is 23.0 Å². The second kappa shape index (κ2) is 34.3. The van der Waals surface area contributed by atoms with E-state index in [1.165, 1.54) is 25.7 Å². The fraction of sp³-hybridized carbons (Fsp3) is 0.167. The van der Waals surface area contributed by atoms with E-state index in [-0.39, 0.29) is 86.1 Å². The standard InChI is InChI=1S/2C20H16N2O2.2C4H8O.2Co.Na.S2/c2*23-19-11-5-1-7-15(19)13-21-17-9-3-4-10-18(17)22-14-16-8-2-6-12-20(16)24;2*1-2-4-5-3-1;;;;1-2/h2*1-14,23-24H;2*1-4H2;;;;/q;;;;;;+1;-2. The predicted molar refractivity (Wildman–Crippen MR) is 249 cm³/mol. The topological polar surface area (TPSA) is 149 Å². The van der Waals surface area contributed by atoms with Crippen molar-refractivity contribution in [3.8, 4) is 23.0 Å². The zero-order valence-corrected chi connectivity index (χ0v) is 40.4. The Morgan fingerprint density at radius 2 is 0.540 bits per heavy atom. The molecule has 2 fully saturated rings. The molecule has 15 heteroatoms. The fourth-order valence-electron chi connectivity index (χ4n) is 5.33. The quantitative estimate of drug-likeness (QED) is 0.0524. The van der Waals surface area contributed by atoms with Crippen molar-refractivity contribution in [1.82, 2.24) is 0 Å². The molecule has 328 valence electrons. The summed E-state index contributed by atoms with van der Waals surface area (Å²) in [6.07, 6.45) is 11.5. The average molecular weight is 982 g/mol. The molecule has 0 aliphatic carbocycles. The van der Waals surface area contributed by atoms with Crippen LogP contribution in [0.2, 0.25) is 0 Å². The Morgan fingerprint density at radius 3 is 0.714 bits per heavy atom. The summed E-state index contributed by atoms with van der Waals surface area (Å²) in [4.78, 5) is 17.6. The molecule has 0 atom stereocenters. The smallest absolute Gasteiger partial charge is 1.00 e. The summed E-state index contributed by atoms with van der Waals surface area (Å²) in [5, 5.41) is 39.2. The van der Waals surface area contributed by atoms with Gasteiger partial charge in [-0.25, -0.2) is 0 Å². The molecule has 2 radical (unpaired) electrons. The Hall–Kier alpha value is -4.17. The van der Waals surface area contributed by atoms with E-state index in [1.54, 1.807) is 97.7 Å². The first kappa shape index (κ1) is 56.8. The third-order valence-electron chi connectivity index (χ3n) is 8.54. The second-order valence-electron chi connectivity index (χ2n) is 12.9. The number of aromatic hydroxyl groups is 4. The Morgan fingerprint density at radius 1 is 0.349 bits per heavy atom. The van der Waals surface area contributed by atoms with E-state index in [0.29, 0.717) is 45.0 Å². The van der Waals surface area contributed by atoms with Gasteiger partial charge < -0.3 is 53.2 Å². The van der Waals surface area contributed by atoms with Gasteiger partial charge in [-0.1, -0.05) is 72.8 Å². The Labute approximate surface area is 423 Å². The number of phenolic OH excluding ortho intramolecular Hbond substituents is 4. The molecule has 2 aliphatic rings. The number of ether oxygens (including phenoxy) is 2. The predicted octanol–water partition coefficient (Wildman–Crippen LogP) is 7.79. The van der Waals surface area contributed by atoms with Crippen LogP contribution in [-0.4, -0.2) is 71.7 Å². The summed E-state index contributed by atoms with van der Waals surface area (Å²) in [6, 6.07) is 42.8. The minimum Gasteiger partial charge on any atom is -1.00 e. The minimum absolute atomic E-state index is 0. The normalized spacial score (nSPS) is 12.5. The van der Waals surface area contributed by atoms with Crippen molar-refractivity contribution in [2.24, 2.45) is 20.0 Å². The fourth-order valence-corrected chi connectivity index (χ4v) is 5.33. The summed E-state index contributed by atoms with van der Waals surface area (Å²) in [5.74, 6) is 0.709. The monoisotopic (exact) mass is 981 g/mol. The zero-order chi connectivity index (χ0) is 42.6. The zero-order valence-electron chi connectivity index (χ0n) is 34.7. The van der Waals surface area contributed by atoms with Crippen molar-refractivity contribution >= 4 is 70.9 Å². The largest absolute Gasteiger partial charge is 1.00 e. The molecule has 0 bridgehead atoms. The SMILES string of the molecule is C1CCOC1.C1CCOC1.Oc1ccccc1C=Nc1ccccc1N=Cc1ccccc1O.Oc1ccccc1C=Nc1ccccc1N=Cc1ccccc1O.[Co].[Co].[Na+].[S-][S-]. The van der Waals surface area contributed by atoms with Crippen LogP contribution in [-0.2, 0) is 66.4 Å². The van der Waals surface area contributed by atoms with Crippen LogP contribution in [0.3, 0.4) is 0 Å². The molecule has 0 saturated carbocycles. The molecule has 0 spiro atoms. The van der Waals surface area contributed by atoms with E-state index >= 15 is 0 Å². The van der Waals surface area contributed by atoms with Gasteiger partial charge in [-0.05, 0) is 98.5 Å². The number of aliphatic imine (C=N–C) groups is 4. The van der Waals surface area contributed by atoms with Crippen LogP contribution in [0.25, 0.3) is 0 Å². The minimum atomic E-state index is 0. The number of rotatable bonds is 8. The molecule has 63 heavy (non-hydrogen) atoms. The molecule has 4 N–H and O–H groups in total. The third-order valence-corrected chi connectivity index (χ3v) is 8.54. The number of hydrogen-bond acceptors (Lipinski definition) is 12. The molecule has 6 aromatic rings. The number of phenols is 4. The van der Waals surface area contributed by atoms with Crippen molar-refractivity contribution in [3.05, 3.63) is 168 Å². The summed E-state index contributed by atoms with van der Waals surface area (Å²) in [5.41, 5.74) is 5.24. The van der Waals surface area contributed by atoms with Gasteiger partial charge in [-0.3, -0.25) is 20.0 Å². The first-order valence-corrected chi connectivity index (χ1v) is 20.6. The number of hydrogen-bond donors (Lipinski definition) is 4. The van der Waals surface area contributed by atoms with Gasteiger partial charge in [0.15, 0.2) is 0 Å². The Bertz CT molecular complexity index is 1990. The van der Waals surface area contributed by atoms with Gasteiger partial charge in [0.25, 0.3) is 0 Å². The van der Waals surface area contributed by atoms with E-state index in [0.717, 1.165) is 26.4 Å². The van der Waals surface area contributed by atoms with Gasteiger partial charge in [0.1, 0.15) is 23.0 Å². The van der Waals surface area contributed by atoms with Crippen LogP contribution in [0.15, 0.2) is 166 Å². The van der Waals surface area contributed by atoms with Crippen molar-refractivity contribution in [2.75, 3.05) is 26.4 Å². The summed E-state index contributed by atoms with van der Waals surface area (Å²) >= 11 is 7.33.